The minimum absolute atomic E-state index is 0.0272. The second-order valence-electron chi connectivity index (χ2n) is 10.9. The summed E-state index contributed by atoms with van der Waals surface area (Å²) in [5, 5.41) is 14.0. The number of hydrogen-bond acceptors (Lipinski definition) is 4. The molecule has 3 fully saturated rings. The third-order valence-electron chi connectivity index (χ3n) is 8.99. The average Bonchev–Trinajstić information content (AvgIpc) is 3.28. The summed E-state index contributed by atoms with van der Waals surface area (Å²) in [6, 6.07) is 7.90. The van der Waals surface area contributed by atoms with Gasteiger partial charge in [0.1, 0.15) is 29.3 Å². The molecule has 3 heterocycles. The van der Waals surface area contributed by atoms with Crippen molar-refractivity contribution in [2.24, 2.45) is 41.4 Å². The van der Waals surface area contributed by atoms with E-state index in [-0.39, 0.29) is 48.4 Å². The van der Waals surface area contributed by atoms with Crippen LogP contribution in [0.15, 0.2) is 48.6 Å². The van der Waals surface area contributed by atoms with Crippen molar-refractivity contribution in [3.8, 4) is 5.75 Å². The number of hydrogen-bond donors (Lipinski definition) is 2. The number of carbonyl (C=O) groups excluding carboxylic acids is 2. The van der Waals surface area contributed by atoms with E-state index in [1.165, 1.54) is 19.3 Å². The Labute approximate surface area is 195 Å². The lowest BCUT2D eigenvalue weighted by molar-refractivity contribution is -0.137. The molecule has 2 N–H and O–H groups in total. The van der Waals surface area contributed by atoms with Crippen molar-refractivity contribution in [2.45, 2.75) is 57.3 Å². The van der Waals surface area contributed by atoms with Crippen LogP contribution in [0.25, 0.3) is 0 Å². The molecule has 9 atom stereocenters. The van der Waals surface area contributed by atoms with Gasteiger partial charge in [-0.05, 0) is 55.2 Å². The molecule has 1 amide bonds. The number of amides is 1. The molecule has 174 valence electrons. The number of allylic oxidation sites excluding steroid dienone is 4. The Kier molecular flexibility index (Phi) is 5.02. The van der Waals surface area contributed by atoms with Gasteiger partial charge in [-0.15, -0.1) is 0 Å². The monoisotopic (exact) mass is 447 g/mol. The molecule has 4 bridgehead atoms. The SMILES string of the molecule is C/C=C\[C@H]1C=CC2[C@@H]3CCCCC3[C@@H]3Oc4ccc(cc4)C[C@@]4(O)C[C@H](C(=O)N4)C(=O)C1[C@H]23. The normalized spacial score (nSPS) is 43.8. The highest BCUT2D eigenvalue weighted by atomic mass is 16.5. The molecule has 1 aromatic rings. The highest BCUT2D eigenvalue weighted by molar-refractivity contribution is 6.04. The summed E-state index contributed by atoms with van der Waals surface area (Å²) in [5.74, 6) is 0.565. The second kappa shape index (κ2) is 7.83. The standard InChI is InChI=1S/C28H33NO4/c1-2-5-17-10-13-20-19-6-3-4-7-21(19)26-24(20)23(17)25(30)22-15-28(32,29-27(22)31)14-16-8-11-18(33-26)12-9-16/h2,5,8-13,17,19-24,26,32H,3-4,6-7,14-15H2,1H3,(H,29,31)/b5-2-/t17-,19-,20?,21?,22-,23?,24-,26-,28+/m0/s1. The summed E-state index contributed by atoms with van der Waals surface area (Å²) < 4.78 is 6.74. The Bertz CT molecular complexity index is 1010. The quantitative estimate of drug-likeness (QED) is 0.507. The number of rotatable bonds is 1. The number of benzene rings is 1. The third-order valence-corrected chi connectivity index (χ3v) is 8.99. The second-order valence-corrected chi connectivity index (χ2v) is 10.9. The van der Waals surface area contributed by atoms with Gasteiger partial charge in [-0.2, -0.15) is 0 Å². The maximum absolute atomic E-state index is 14.1. The van der Waals surface area contributed by atoms with Crippen molar-refractivity contribution in [2.75, 3.05) is 0 Å². The van der Waals surface area contributed by atoms with Crippen LogP contribution in [-0.4, -0.2) is 28.6 Å². The number of fused-ring (bicyclic) bond motifs is 4. The number of Topliss-reactive ketones (excluding diaryl/α,β-unsaturated/α-hetero) is 1. The van der Waals surface area contributed by atoms with Gasteiger partial charge in [0, 0.05) is 30.6 Å². The highest BCUT2D eigenvalue weighted by Gasteiger charge is 2.59. The Morgan fingerprint density at radius 1 is 1.09 bits per heavy atom. The summed E-state index contributed by atoms with van der Waals surface area (Å²) in [6.07, 6.45) is 13.8. The molecule has 2 saturated carbocycles. The fourth-order valence-corrected chi connectivity index (χ4v) is 7.72. The van der Waals surface area contributed by atoms with Crippen molar-refractivity contribution in [1.82, 2.24) is 5.32 Å². The van der Waals surface area contributed by atoms with Crippen molar-refractivity contribution in [3.05, 3.63) is 54.1 Å². The summed E-state index contributed by atoms with van der Waals surface area (Å²) in [4.78, 5) is 27.1. The lowest BCUT2D eigenvalue weighted by Gasteiger charge is -2.39. The van der Waals surface area contributed by atoms with Crippen molar-refractivity contribution >= 4 is 11.7 Å². The zero-order valence-electron chi connectivity index (χ0n) is 19.2. The van der Waals surface area contributed by atoms with Gasteiger partial charge in [0.25, 0.3) is 0 Å². The molecule has 0 spiro atoms. The van der Waals surface area contributed by atoms with Crippen molar-refractivity contribution < 1.29 is 19.4 Å². The molecule has 7 rings (SSSR count). The molecule has 3 aliphatic carbocycles. The Morgan fingerprint density at radius 3 is 2.61 bits per heavy atom. The van der Waals surface area contributed by atoms with Gasteiger partial charge in [0.05, 0.1) is 0 Å². The van der Waals surface area contributed by atoms with Gasteiger partial charge in [0.2, 0.25) is 5.91 Å². The van der Waals surface area contributed by atoms with Gasteiger partial charge in [0.15, 0.2) is 0 Å². The van der Waals surface area contributed by atoms with E-state index in [2.05, 4.69) is 23.5 Å². The van der Waals surface area contributed by atoms with Gasteiger partial charge in [-0.3, -0.25) is 9.59 Å². The van der Waals surface area contributed by atoms with E-state index in [1.54, 1.807) is 0 Å². The van der Waals surface area contributed by atoms with Crippen LogP contribution < -0.4 is 10.1 Å². The minimum atomic E-state index is -1.39. The molecule has 0 radical (unpaired) electrons. The first-order valence-corrected chi connectivity index (χ1v) is 12.6. The van der Waals surface area contributed by atoms with E-state index >= 15 is 0 Å². The molecule has 3 aliphatic heterocycles. The minimum Gasteiger partial charge on any atom is -0.490 e. The Hall–Kier alpha value is -2.40. The van der Waals surface area contributed by atoms with Crippen LogP contribution in [0.1, 0.15) is 44.6 Å². The van der Waals surface area contributed by atoms with Gasteiger partial charge in [-0.1, -0.05) is 49.3 Å². The number of ether oxygens (including phenoxy) is 1. The number of nitrogens with one attached hydrogen (secondary N) is 1. The van der Waals surface area contributed by atoms with Crippen LogP contribution >= 0.6 is 0 Å². The summed E-state index contributed by atoms with van der Waals surface area (Å²) in [7, 11) is 0. The first-order valence-electron chi connectivity index (χ1n) is 12.6. The molecule has 1 aromatic carbocycles. The molecule has 5 heteroatoms. The lowest BCUT2D eigenvalue weighted by atomic mass is 9.65. The van der Waals surface area contributed by atoms with Gasteiger partial charge >= 0.3 is 0 Å². The molecule has 33 heavy (non-hydrogen) atoms. The third kappa shape index (κ3) is 3.39. The number of carbonyl (C=O) groups is 2. The van der Waals surface area contributed by atoms with Gasteiger partial charge < -0.3 is 15.2 Å². The summed E-state index contributed by atoms with van der Waals surface area (Å²) in [5.41, 5.74) is -0.472. The Morgan fingerprint density at radius 2 is 1.85 bits per heavy atom. The van der Waals surface area contributed by atoms with Crippen LogP contribution in [0.5, 0.6) is 5.75 Å². The fraction of sp³-hybridized carbons (Fsp3) is 0.571. The molecular formula is C28H33NO4. The van der Waals surface area contributed by atoms with E-state index in [0.717, 1.165) is 17.7 Å². The first kappa shape index (κ1) is 21.2. The predicted molar refractivity (Wildman–Crippen MR) is 124 cm³/mol. The molecule has 3 unspecified atom stereocenters. The predicted octanol–water partition coefficient (Wildman–Crippen LogP) is 3.81. The number of ketones is 1. The molecule has 1 saturated heterocycles. The first-order chi connectivity index (χ1) is 16.0. The van der Waals surface area contributed by atoms with E-state index in [1.807, 2.05) is 37.3 Å². The molecule has 5 nitrogen and oxygen atoms in total. The van der Waals surface area contributed by atoms with Crippen LogP contribution in [0, 0.1) is 41.4 Å². The summed E-state index contributed by atoms with van der Waals surface area (Å²) in [6.45, 7) is 1.98. The van der Waals surface area contributed by atoms with E-state index in [4.69, 9.17) is 4.74 Å². The van der Waals surface area contributed by atoms with Crippen LogP contribution in [0.2, 0.25) is 0 Å². The number of aliphatic hydroxyl groups is 1. The smallest absolute Gasteiger partial charge is 0.232 e. The maximum atomic E-state index is 14.1. The largest absolute Gasteiger partial charge is 0.490 e. The lowest BCUT2D eigenvalue weighted by Crippen LogP contribution is -2.45. The maximum Gasteiger partial charge on any atom is 0.232 e. The van der Waals surface area contributed by atoms with Crippen LogP contribution in [-0.2, 0) is 16.0 Å². The van der Waals surface area contributed by atoms with Crippen molar-refractivity contribution in [1.29, 1.82) is 0 Å². The fourth-order valence-electron chi connectivity index (χ4n) is 7.72. The Balaban J connectivity index is 1.50. The van der Waals surface area contributed by atoms with Crippen LogP contribution in [0.3, 0.4) is 0 Å². The topological polar surface area (TPSA) is 75.6 Å². The molecule has 6 aliphatic rings. The molecule has 0 aromatic heterocycles. The summed E-state index contributed by atoms with van der Waals surface area (Å²) >= 11 is 0. The zero-order valence-corrected chi connectivity index (χ0v) is 19.2. The van der Waals surface area contributed by atoms with Crippen molar-refractivity contribution in [3.63, 3.8) is 0 Å². The van der Waals surface area contributed by atoms with E-state index in [9.17, 15) is 14.7 Å². The highest BCUT2D eigenvalue weighted by Crippen LogP contribution is 2.57. The molecular weight excluding hydrogens is 414 g/mol. The average molecular weight is 448 g/mol. The van der Waals surface area contributed by atoms with E-state index in [0.29, 0.717) is 17.8 Å². The van der Waals surface area contributed by atoms with Gasteiger partial charge in [-0.25, -0.2) is 0 Å². The van der Waals surface area contributed by atoms with E-state index < -0.39 is 11.6 Å². The van der Waals surface area contributed by atoms with Crippen LogP contribution in [0.4, 0.5) is 0 Å². The zero-order chi connectivity index (χ0) is 22.7.